The highest BCUT2D eigenvalue weighted by molar-refractivity contribution is 7.99. The van der Waals surface area contributed by atoms with E-state index in [4.69, 9.17) is 5.26 Å². The van der Waals surface area contributed by atoms with E-state index in [-0.39, 0.29) is 10.6 Å². The molecule has 6 heteroatoms. The van der Waals surface area contributed by atoms with Gasteiger partial charge in [-0.1, -0.05) is 13.0 Å². The van der Waals surface area contributed by atoms with Crippen molar-refractivity contribution in [2.75, 3.05) is 25.1 Å². The molecule has 0 saturated carbocycles. The SMILES string of the molecule is CSC(C)CNCCS(=O)(=O)c1cccc(C#N)c1. The lowest BCUT2D eigenvalue weighted by Gasteiger charge is -2.10. The standard InChI is InChI=1S/C13H18N2O2S2/c1-11(18-2)10-15-6-7-19(16,17)13-5-3-4-12(8-13)9-14/h3-5,8,11,15H,6-7,10H2,1-2H3. The average molecular weight is 298 g/mol. The number of hydrogen-bond donors (Lipinski definition) is 1. The van der Waals surface area contributed by atoms with Gasteiger partial charge in [-0.15, -0.1) is 0 Å². The predicted octanol–water partition coefficient (Wildman–Crippen LogP) is 1.67. The Morgan fingerprint density at radius 2 is 2.21 bits per heavy atom. The maximum absolute atomic E-state index is 12.1. The molecule has 1 aromatic carbocycles. The molecule has 0 bridgehead atoms. The lowest BCUT2D eigenvalue weighted by molar-refractivity contribution is 0.590. The van der Waals surface area contributed by atoms with Crippen molar-refractivity contribution < 1.29 is 8.42 Å². The Balaban J connectivity index is 2.59. The fraction of sp³-hybridized carbons (Fsp3) is 0.462. The first-order valence-electron chi connectivity index (χ1n) is 5.96. The molecule has 4 nitrogen and oxygen atoms in total. The van der Waals surface area contributed by atoms with Gasteiger partial charge in [-0.3, -0.25) is 0 Å². The molecule has 0 spiro atoms. The third-order valence-corrected chi connectivity index (χ3v) is 5.39. The second-order valence-electron chi connectivity index (χ2n) is 4.21. The molecule has 0 heterocycles. The molecule has 0 aliphatic carbocycles. The zero-order chi connectivity index (χ0) is 14.3. The normalized spacial score (nSPS) is 12.9. The molecule has 0 saturated heterocycles. The zero-order valence-electron chi connectivity index (χ0n) is 11.1. The molecule has 1 atom stereocenters. The molecule has 0 aromatic heterocycles. The van der Waals surface area contributed by atoms with Crippen LogP contribution in [0.5, 0.6) is 0 Å². The van der Waals surface area contributed by atoms with Crippen LogP contribution in [0.2, 0.25) is 0 Å². The smallest absolute Gasteiger partial charge is 0.179 e. The van der Waals surface area contributed by atoms with Gasteiger partial charge in [0.05, 0.1) is 22.3 Å². The van der Waals surface area contributed by atoms with E-state index in [2.05, 4.69) is 12.2 Å². The molecule has 0 aliphatic rings. The minimum Gasteiger partial charge on any atom is -0.315 e. The van der Waals surface area contributed by atoms with Crippen molar-refractivity contribution in [2.45, 2.75) is 17.1 Å². The Kier molecular flexibility index (Phi) is 6.35. The topological polar surface area (TPSA) is 70.0 Å². The van der Waals surface area contributed by atoms with Crippen LogP contribution in [-0.2, 0) is 9.84 Å². The van der Waals surface area contributed by atoms with E-state index in [1.54, 1.807) is 23.9 Å². The van der Waals surface area contributed by atoms with E-state index in [9.17, 15) is 8.42 Å². The monoisotopic (exact) mass is 298 g/mol. The van der Waals surface area contributed by atoms with Crippen LogP contribution in [0.25, 0.3) is 0 Å². The number of nitriles is 1. The lowest BCUT2D eigenvalue weighted by Crippen LogP contribution is -2.28. The minimum atomic E-state index is -3.32. The van der Waals surface area contributed by atoms with E-state index in [1.807, 2.05) is 12.3 Å². The van der Waals surface area contributed by atoms with Crippen molar-refractivity contribution >= 4 is 21.6 Å². The quantitative estimate of drug-likeness (QED) is 0.776. The summed E-state index contributed by atoms with van der Waals surface area (Å²) in [6.07, 6.45) is 2.02. The highest BCUT2D eigenvalue weighted by Crippen LogP contribution is 2.12. The van der Waals surface area contributed by atoms with Gasteiger partial charge in [0.1, 0.15) is 0 Å². The van der Waals surface area contributed by atoms with Crippen LogP contribution in [0, 0.1) is 11.3 Å². The first kappa shape index (κ1) is 16.0. The Morgan fingerprint density at radius 1 is 1.47 bits per heavy atom. The van der Waals surface area contributed by atoms with Crippen LogP contribution < -0.4 is 5.32 Å². The first-order valence-corrected chi connectivity index (χ1v) is 8.90. The highest BCUT2D eigenvalue weighted by atomic mass is 32.2. The second-order valence-corrected chi connectivity index (χ2v) is 7.59. The van der Waals surface area contributed by atoms with E-state index in [1.165, 1.54) is 12.1 Å². The highest BCUT2D eigenvalue weighted by Gasteiger charge is 2.14. The summed E-state index contributed by atoms with van der Waals surface area (Å²) in [5, 5.41) is 12.4. The molecular weight excluding hydrogens is 280 g/mol. The molecule has 1 unspecified atom stereocenters. The predicted molar refractivity (Wildman–Crippen MR) is 79.1 cm³/mol. The van der Waals surface area contributed by atoms with Gasteiger partial charge >= 0.3 is 0 Å². The molecule has 19 heavy (non-hydrogen) atoms. The van der Waals surface area contributed by atoms with Gasteiger partial charge in [0.15, 0.2) is 9.84 Å². The largest absolute Gasteiger partial charge is 0.315 e. The fourth-order valence-corrected chi connectivity index (χ4v) is 3.00. The number of nitrogens with one attached hydrogen (secondary N) is 1. The number of hydrogen-bond acceptors (Lipinski definition) is 5. The van der Waals surface area contributed by atoms with E-state index in [0.29, 0.717) is 17.4 Å². The molecule has 0 aliphatic heterocycles. The summed E-state index contributed by atoms with van der Waals surface area (Å²) in [5.74, 6) is 0.0446. The Labute approximate surface area is 119 Å². The summed E-state index contributed by atoms with van der Waals surface area (Å²) in [5.41, 5.74) is 0.366. The van der Waals surface area contributed by atoms with Crippen LogP contribution >= 0.6 is 11.8 Å². The van der Waals surface area contributed by atoms with Crippen molar-refractivity contribution in [2.24, 2.45) is 0 Å². The van der Waals surface area contributed by atoms with Crippen molar-refractivity contribution in [3.63, 3.8) is 0 Å². The molecule has 1 rings (SSSR count). The van der Waals surface area contributed by atoms with Crippen molar-refractivity contribution in [1.82, 2.24) is 5.32 Å². The zero-order valence-corrected chi connectivity index (χ0v) is 12.7. The van der Waals surface area contributed by atoms with Gasteiger partial charge in [0, 0.05) is 18.3 Å². The van der Waals surface area contributed by atoms with Crippen LogP contribution in [0.15, 0.2) is 29.2 Å². The van der Waals surface area contributed by atoms with Gasteiger partial charge in [-0.2, -0.15) is 17.0 Å². The first-order chi connectivity index (χ1) is 8.99. The number of thioether (sulfide) groups is 1. The number of benzene rings is 1. The molecular formula is C13H18N2O2S2. The molecule has 0 amide bonds. The molecule has 1 N–H and O–H groups in total. The summed E-state index contributed by atoms with van der Waals surface area (Å²) in [7, 11) is -3.32. The Morgan fingerprint density at radius 3 is 2.84 bits per heavy atom. The van der Waals surface area contributed by atoms with Gasteiger partial charge in [0.2, 0.25) is 0 Å². The lowest BCUT2D eigenvalue weighted by atomic mass is 10.2. The molecule has 104 valence electrons. The Hall–Kier alpha value is -1.03. The maximum Gasteiger partial charge on any atom is 0.179 e. The summed E-state index contributed by atoms with van der Waals surface area (Å²) in [6.45, 7) is 3.29. The average Bonchev–Trinajstić information content (AvgIpc) is 2.43. The molecule has 1 aromatic rings. The fourth-order valence-electron chi connectivity index (χ4n) is 1.47. The van der Waals surface area contributed by atoms with E-state index in [0.717, 1.165) is 6.54 Å². The van der Waals surface area contributed by atoms with Gasteiger partial charge in [-0.25, -0.2) is 8.42 Å². The van der Waals surface area contributed by atoms with E-state index >= 15 is 0 Å². The summed E-state index contributed by atoms with van der Waals surface area (Å²) in [4.78, 5) is 0.214. The van der Waals surface area contributed by atoms with Gasteiger partial charge in [-0.05, 0) is 24.5 Å². The molecule has 0 radical (unpaired) electrons. The van der Waals surface area contributed by atoms with Gasteiger partial charge in [0.25, 0.3) is 0 Å². The van der Waals surface area contributed by atoms with Crippen molar-refractivity contribution in [3.05, 3.63) is 29.8 Å². The third-order valence-electron chi connectivity index (χ3n) is 2.70. The number of rotatable bonds is 7. The summed E-state index contributed by atoms with van der Waals surface area (Å²) in [6, 6.07) is 8.08. The number of sulfone groups is 1. The van der Waals surface area contributed by atoms with E-state index < -0.39 is 9.84 Å². The van der Waals surface area contributed by atoms with Gasteiger partial charge < -0.3 is 5.32 Å². The number of nitrogens with zero attached hydrogens (tertiary/aromatic N) is 1. The van der Waals surface area contributed by atoms with Crippen molar-refractivity contribution in [1.29, 1.82) is 5.26 Å². The minimum absolute atomic E-state index is 0.0446. The van der Waals surface area contributed by atoms with Crippen LogP contribution in [0.4, 0.5) is 0 Å². The maximum atomic E-state index is 12.1. The van der Waals surface area contributed by atoms with Crippen LogP contribution in [-0.4, -0.2) is 38.8 Å². The molecule has 0 fully saturated rings. The summed E-state index contributed by atoms with van der Waals surface area (Å²) >= 11 is 1.74. The Bertz CT molecular complexity index is 550. The second kappa shape index (κ2) is 7.53. The van der Waals surface area contributed by atoms with Crippen molar-refractivity contribution in [3.8, 4) is 6.07 Å². The summed E-state index contributed by atoms with van der Waals surface area (Å²) < 4.78 is 24.1. The third kappa shape index (κ3) is 5.23. The van der Waals surface area contributed by atoms with Crippen LogP contribution in [0.1, 0.15) is 12.5 Å². The van der Waals surface area contributed by atoms with Crippen LogP contribution in [0.3, 0.4) is 0 Å².